The topological polar surface area (TPSA) is 114 Å². The molecule has 0 aliphatic heterocycles. The Kier molecular flexibility index (Phi) is 48.5. The van der Waals surface area contributed by atoms with Gasteiger partial charge in [-0.3, -0.25) is 9.59 Å². The van der Waals surface area contributed by atoms with Crippen molar-refractivity contribution in [3.05, 3.63) is 0 Å². The van der Waals surface area contributed by atoms with Crippen molar-refractivity contribution in [1.82, 2.24) is 20.4 Å². The van der Waals surface area contributed by atoms with E-state index in [2.05, 4.69) is 52.3 Å². The van der Waals surface area contributed by atoms with Crippen LogP contribution in [0.1, 0.15) is 258 Å². The SMILES string of the molecule is CCCCCCCCCCCCCCCCCNC(=O)CCN(CCC#N)CCCCCCN(CCC#CN)CCC(=O)NCCCCCCCCCCCCCCCCC. The van der Waals surface area contributed by atoms with Crippen LogP contribution in [-0.2, 0) is 9.59 Å². The Balaban J connectivity index is 3.98. The highest BCUT2D eigenvalue weighted by atomic mass is 16.2. The summed E-state index contributed by atoms with van der Waals surface area (Å²) in [5, 5.41) is 15.5. The smallest absolute Gasteiger partial charge is 0.221 e. The van der Waals surface area contributed by atoms with Gasteiger partial charge in [0.05, 0.1) is 6.07 Å². The molecule has 0 unspecified atom stereocenters. The zero-order valence-electron chi connectivity index (χ0n) is 40.8. The Morgan fingerprint density at radius 1 is 0.410 bits per heavy atom. The summed E-state index contributed by atoms with van der Waals surface area (Å²) in [5.74, 6) is 3.26. The molecule has 0 heterocycles. The van der Waals surface area contributed by atoms with Gasteiger partial charge in [-0.25, -0.2) is 0 Å². The van der Waals surface area contributed by atoms with Crippen molar-refractivity contribution in [3.8, 4) is 18.0 Å². The van der Waals surface area contributed by atoms with Crippen molar-refractivity contribution in [2.24, 2.45) is 5.73 Å². The number of nitriles is 1. The van der Waals surface area contributed by atoms with E-state index in [1.54, 1.807) is 0 Å². The number of rotatable bonds is 49. The average Bonchev–Trinajstić information content (AvgIpc) is 3.26. The summed E-state index contributed by atoms with van der Waals surface area (Å²) in [6, 6.07) is 4.79. The van der Waals surface area contributed by atoms with Crippen molar-refractivity contribution in [3.63, 3.8) is 0 Å². The van der Waals surface area contributed by atoms with Crippen LogP contribution in [0.5, 0.6) is 0 Å². The molecule has 0 aromatic heterocycles. The fraction of sp³-hybridized carbons (Fsp3) is 0.906. The van der Waals surface area contributed by atoms with Crippen molar-refractivity contribution in [2.75, 3.05) is 52.4 Å². The van der Waals surface area contributed by atoms with E-state index in [1.807, 2.05) is 0 Å². The fourth-order valence-corrected chi connectivity index (χ4v) is 8.33. The van der Waals surface area contributed by atoms with Gasteiger partial charge in [0, 0.05) is 71.0 Å². The second-order valence-corrected chi connectivity index (χ2v) is 18.2. The quantitative estimate of drug-likeness (QED) is 0.0319. The largest absolute Gasteiger partial charge is 0.359 e. The number of carbonyl (C=O) groups is 2. The maximum Gasteiger partial charge on any atom is 0.221 e. The van der Waals surface area contributed by atoms with E-state index >= 15 is 0 Å². The van der Waals surface area contributed by atoms with Gasteiger partial charge in [0.2, 0.25) is 11.8 Å². The molecular formula is C53H102N6O2. The third kappa shape index (κ3) is 47.0. The molecule has 0 aliphatic carbocycles. The van der Waals surface area contributed by atoms with E-state index in [4.69, 9.17) is 5.73 Å². The molecule has 2 amide bonds. The molecular weight excluding hydrogens is 753 g/mol. The fourth-order valence-electron chi connectivity index (χ4n) is 8.33. The summed E-state index contributed by atoms with van der Waals surface area (Å²) in [4.78, 5) is 29.8. The molecule has 0 atom stereocenters. The van der Waals surface area contributed by atoms with E-state index in [0.29, 0.717) is 25.8 Å². The standard InChI is InChI=1S/C53H102N6O2/c1-3-5-7-9-11-13-15-17-19-21-23-25-27-29-34-44-56-52(60)40-50-58(48-38-33-42-54)46-36-31-32-37-47-59(49-39-43-55)51-41-53(61)57-45-35-30-28-26-24-22-20-18-16-14-12-10-8-6-4-2/h3-32,34-41,44-51,54H2,1-2H3,(H,56,60)(H,57,61). The lowest BCUT2D eigenvalue weighted by atomic mass is 10.0. The lowest BCUT2D eigenvalue weighted by molar-refractivity contribution is -0.122. The van der Waals surface area contributed by atoms with Crippen LogP contribution in [0.3, 0.4) is 0 Å². The van der Waals surface area contributed by atoms with Crippen LogP contribution >= 0.6 is 0 Å². The minimum Gasteiger partial charge on any atom is -0.359 e. The summed E-state index contributed by atoms with van der Waals surface area (Å²) >= 11 is 0. The monoisotopic (exact) mass is 855 g/mol. The highest BCUT2D eigenvalue weighted by molar-refractivity contribution is 5.76. The number of nitrogens with zero attached hydrogens (tertiary/aromatic N) is 3. The van der Waals surface area contributed by atoms with E-state index in [9.17, 15) is 14.9 Å². The predicted octanol–water partition coefficient (Wildman–Crippen LogP) is 13.1. The molecule has 0 aromatic rings. The number of nitrogens with two attached hydrogens (primary N) is 1. The number of unbranched alkanes of at least 4 members (excludes halogenated alkanes) is 31. The molecule has 0 fully saturated rings. The zero-order chi connectivity index (χ0) is 44.4. The number of amides is 2. The van der Waals surface area contributed by atoms with Crippen LogP contribution < -0.4 is 16.4 Å². The minimum absolute atomic E-state index is 0.130. The van der Waals surface area contributed by atoms with Gasteiger partial charge in [-0.2, -0.15) is 5.26 Å². The number of hydrogen-bond donors (Lipinski definition) is 3. The second-order valence-electron chi connectivity index (χ2n) is 18.2. The van der Waals surface area contributed by atoms with Gasteiger partial charge in [-0.15, -0.1) is 0 Å². The van der Waals surface area contributed by atoms with Crippen molar-refractivity contribution in [2.45, 2.75) is 258 Å². The molecule has 4 N–H and O–H groups in total. The Labute approximate surface area is 379 Å². The van der Waals surface area contributed by atoms with Gasteiger partial charge in [0.15, 0.2) is 0 Å². The number of hydrogen-bond acceptors (Lipinski definition) is 6. The first-order valence-corrected chi connectivity index (χ1v) is 26.6. The Morgan fingerprint density at radius 3 is 1.02 bits per heavy atom. The van der Waals surface area contributed by atoms with Gasteiger partial charge < -0.3 is 26.2 Å². The Morgan fingerprint density at radius 2 is 0.705 bits per heavy atom. The highest BCUT2D eigenvalue weighted by Gasteiger charge is 2.10. The van der Waals surface area contributed by atoms with Crippen LogP contribution in [0.2, 0.25) is 0 Å². The molecule has 0 saturated heterocycles. The van der Waals surface area contributed by atoms with Crippen LogP contribution in [-0.4, -0.2) is 74.0 Å². The number of nitrogens with one attached hydrogen (secondary N) is 2. The van der Waals surface area contributed by atoms with Crippen LogP contribution in [0.4, 0.5) is 0 Å². The van der Waals surface area contributed by atoms with Gasteiger partial charge in [-0.05, 0) is 38.8 Å². The summed E-state index contributed by atoms with van der Waals surface area (Å²) in [7, 11) is 0. The summed E-state index contributed by atoms with van der Waals surface area (Å²) in [6.07, 6.45) is 47.1. The van der Waals surface area contributed by atoms with Gasteiger partial charge in [0.1, 0.15) is 0 Å². The maximum absolute atomic E-state index is 12.6. The normalized spacial score (nSPS) is 11.2. The molecule has 356 valence electrons. The molecule has 0 saturated carbocycles. The molecule has 0 aromatic carbocycles. The van der Waals surface area contributed by atoms with E-state index < -0.39 is 0 Å². The van der Waals surface area contributed by atoms with E-state index in [-0.39, 0.29) is 11.8 Å². The van der Waals surface area contributed by atoms with Gasteiger partial charge >= 0.3 is 0 Å². The van der Waals surface area contributed by atoms with E-state index in [1.165, 1.54) is 180 Å². The molecule has 0 rings (SSSR count). The van der Waals surface area contributed by atoms with Crippen LogP contribution in [0.25, 0.3) is 0 Å². The molecule has 8 nitrogen and oxygen atoms in total. The molecule has 0 radical (unpaired) electrons. The Bertz CT molecular complexity index is 1040. The lowest BCUT2D eigenvalue weighted by Gasteiger charge is -2.22. The first kappa shape index (κ1) is 58.7. The zero-order valence-corrected chi connectivity index (χ0v) is 40.8. The molecule has 0 spiro atoms. The summed E-state index contributed by atoms with van der Waals surface area (Å²) < 4.78 is 0. The molecule has 0 aliphatic rings. The lowest BCUT2D eigenvalue weighted by Crippen LogP contribution is -2.33. The molecule has 8 heteroatoms. The van der Waals surface area contributed by atoms with Gasteiger partial charge in [0.25, 0.3) is 0 Å². The van der Waals surface area contributed by atoms with Crippen molar-refractivity contribution < 1.29 is 9.59 Å². The van der Waals surface area contributed by atoms with Gasteiger partial charge in [-0.1, -0.05) is 212 Å². The van der Waals surface area contributed by atoms with Crippen LogP contribution in [0, 0.1) is 23.3 Å². The third-order valence-corrected chi connectivity index (χ3v) is 12.4. The predicted molar refractivity (Wildman–Crippen MR) is 263 cm³/mol. The Hall–Kier alpha value is -2.29. The number of carbonyl (C=O) groups excluding carboxylic acids is 2. The first-order valence-electron chi connectivity index (χ1n) is 26.6. The summed E-state index contributed by atoms with van der Waals surface area (Å²) in [6.45, 7) is 11.0. The molecule has 61 heavy (non-hydrogen) atoms. The minimum atomic E-state index is 0.130. The average molecular weight is 855 g/mol. The van der Waals surface area contributed by atoms with Crippen LogP contribution in [0.15, 0.2) is 0 Å². The summed E-state index contributed by atoms with van der Waals surface area (Å²) in [5.41, 5.74) is 5.42. The first-order chi connectivity index (χ1) is 30.1. The highest BCUT2D eigenvalue weighted by Crippen LogP contribution is 2.15. The van der Waals surface area contributed by atoms with E-state index in [0.717, 1.165) is 90.8 Å². The molecule has 0 bridgehead atoms. The van der Waals surface area contributed by atoms with Crippen molar-refractivity contribution >= 4 is 11.8 Å². The second kappa shape index (κ2) is 50.4. The van der Waals surface area contributed by atoms with Crippen molar-refractivity contribution in [1.29, 1.82) is 5.26 Å². The maximum atomic E-state index is 12.6. The third-order valence-electron chi connectivity index (χ3n) is 12.4.